The first-order valence-electron chi connectivity index (χ1n) is 5.36. The van der Waals surface area contributed by atoms with Gasteiger partial charge < -0.3 is 11.1 Å². The van der Waals surface area contributed by atoms with Crippen LogP contribution in [0, 0.1) is 0 Å². The smallest absolute Gasteiger partial charge is 0.223 e. The minimum atomic E-state index is 0.225. The third-order valence-electron chi connectivity index (χ3n) is 2.00. The molecule has 0 aliphatic rings. The first-order chi connectivity index (χ1) is 8.69. The summed E-state index contributed by atoms with van der Waals surface area (Å²) in [6.07, 6.45) is 1.68. The Morgan fingerprint density at radius 1 is 1.44 bits per heavy atom. The summed E-state index contributed by atoms with van der Waals surface area (Å²) in [5.41, 5.74) is 5.65. The fourth-order valence-corrected chi connectivity index (χ4v) is 2.34. The number of rotatable bonds is 4. The Morgan fingerprint density at radius 3 is 3.00 bits per heavy atom. The van der Waals surface area contributed by atoms with Crippen LogP contribution in [0.15, 0.2) is 34.4 Å². The molecule has 2 heterocycles. The number of nitrogens with two attached hydrogens (primary N) is 1. The summed E-state index contributed by atoms with van der Waals surface area (Å²) >= 11 is 7.40. The van der Waals surface area contributed by atoms with Crippen molar-refractivity contribution in [3.8, 4) is 0 Å². The highest BCUT2D eigenvalue weighted by Gasteiger charge is 2.07. The third-order valence-corrected chi connectivity index (χ3v) is 3.36. The van der Waals surface area contributed by atoms with E-state index in [-0.39, 0.29) is 5.95 Å². The Hall–Kier alpha value is -1.53. The van der Waals surface area contributed by atoms with Gasteiger partial charge in [-0.2, -0.15) is 4.98 Å². The summed E-state index contributed by atoms with van der Waals surface area (Å²) in [5, 5.41) is 5.08. The van der Waals surface area contributed by atoms with Gasteiger partial charge in [0.05, 0.1) is 5.02 Å². The largest absolute Gasteiger partial charge is 0.370 e. The van der Waals surface area contributed by atoms with Crippen LogP contribution in [0.5, 0.6) is 0 Å². The molecular weight excluding hydrogens is 270 g/mol. The topological polar surface area (TPSA) is 76.7 Å². The molecule has 2 rings (SSSR count). The fourth-order valence-electron chi connectivity index (χ4n) is 1.31. The van der Waals surface area contributed by atoms with Gasteiger partial charge in [0, 0.05) is 18.8 Å². The van der Waals surface area contributed by atoms with Crippen LogP contribution in [-0.4, -0.2) is 21.5 Å². The van der Waals surface area contributed by atoms with Crippen LogP contribution in [0.4, 0.5) is 11.8 Å². The summed E-state index contributed by atoms with van der Waals surface area (Å²) < 4.78 is 0. The highest BCUT2D eigenvalue weighted by atomic mass is 35.5. The quantitative estimate of drug-likeness (QED) is 0.839. The number of hydrogen-bond acceptors (Lipinski definition) is 6. The van der Waals surface area contributed by atoms with Crippen LogP contribution in [0.2, 0.25) is 5.02 Å². The van der Waals surface area contributed by atoms with Crippen molar-refractivity contribution in [1.82, 2.24) is 15.0 Å². The SMILES string of the molecule is CCNc1cc(Sc2ncccc2Cl)nc(N)n1. The first-order valence-corrected chi connectivity index (χ1v) is 6.55. The molecular formula is C11H12ClN5S. The monoisotopic (exact) mass is 281 g/mol. The number of pyridine rings is 1. The molecule has 3 N–H and O–H groups in total. The predicted octanol–water partition coefficient (Wildman–Crippen LogP) is 2.69. The zero-order valence-electron chi connectivity index (χ0n) is 9.72. The standard InChI is InChI=1S/C11H12ClN5S/c1-2-14-8-6-9(17-11(13)16-8)18-10-7(12)4-3-5-15-10/h3-6H,2H2,1H3,(H3,13,14,16,17). The van der Waals surface area contributed by atoms with Crippen molar-refractivity contribution in [2.45, 2.75) is 17.0 Å². The van der Waals surface area contributed by atoms with Crippen LogP contribution >= 0.6 is 23.4 Å². The van der Waals surface area contributed by atoms with Gasteiger partial charge in [0.2, 0.25) is 5.95 Å². The lowest BCUT2D eigenvalue weighted by Crippen LogP contribution is -2.03. The molecule has 0 saturated heterocycles. The average Bonchev–Trinajstić information content (AvgIpc) is 2.32. The van der Waals surface area contributed by atoms with Crippen LogP contribution in [0.25, 0.3) is 0 Å². The van der Waals surface area contributed by atoms with Gasteiger partial charge in [0.25, 0.3) is 0 Å². The second kappa shape index (κ2) is 5.88. The Labute approximate surface area is 114 Å². The second-order valence-corrected chi connectivity index (χ2v) is 4.79. The molecule has 0 radical (unpaired) electrons. The summed E-state index contributed by atoms with van der Waals surface area (Å²) in [7, 11) is 0. The second-order valence-electron chi connectivity index (χ2n) is 3.37. The molecule has 0 bridgehead atoms. The van der Waals surface area contributed by atoms with Crippen molar-refractivity contribution < 1.29 is 0 Å². The number of halogens is 1. The number of nitrogens with one attached hydrogen (secondary N) is 1. The van der Waals surface area contributed by atoms with Gasteiger partial charge in [-0.15, -0.1) is 0 Å². The maximum atomic E-state index is 6.04. The van der Waals surface area contributed by atoms with Crippen molar-refractivity contribution in [3.05, 3.63) is 29.4 Å². The van der Waals surface area contributed by atoms with E-state index in [4.69, 9.17) is 17.3 Å². The van der Waals surface area contributed by atoms with Crippen molar-refractivity contribution in [2.24, 2.45) is 0 Å². The van der Waals surface area contributed by atoms with Gasteiger partial charge in [0.15, 0.2) is 0 Å². The molecule has 0 aliphatic heterocycles. The molecule has 0 unspecified atom stereocenters. The molecule has 18 heavy (non-hydrogen) atoms. The first kappa shape index (κ1) is 12.9. The number of nitrogen functional groups attached to an aromatic ring is 1. The predicted molar refractivity (Wildman–Crippen MR) is 74.0 cm³/mol. The molecule has 0 saturated carbocycles. The van der Waals surface area contributed by atoms with Gasteiger partial charge >= 0.3 is 0 Å². The Kier molecular flexibility index (Phi) is 4.22. The molecule has 0 fully saturated rings. The maximum absolute atomic E-state index is 6.04. The minimum Gasteiger partial charge on any atom is -0.370 e. The van der Waals surface area contributed by atoms with Gasteiger partial charge in [-0.1, -0.05) is 11.6 Å². The van der Waals surface area contributed by atoms with Crippen molar-refractivity contribution in [3.63, 3.8) is 0 Å². The minimum absolute atomic E-state index is 0.225. The van der Waals surface area contributed by atoms with Crippen molar-refractivity contribution >= 4 is 35.1 Å². The van der Waals surface area contributed by atoms with E-state index < -0.39 is 0 Å². The number of hydrogen-bond donors (Lipinski definition) is 2. The highest BCUT2D eigenvalue weighted by molar-refractivity contribution is 7.99. The van der Waals surface area contributed by atoms with Crippen LogP contribution in [0.3, 0.4) is 0 Å². The lowest BCUT2D eigenvalue weighted by molar-refractivity contribution is 1.04. The molecule has 0 atom stereocenters. The Morgan fingerprint density at radius 2 is 2.28 bits per heavy atom. The van der Waals surface area contributed by atoms with E-state index in [2.05, 4.69) is 20.3 Å². The van der Waals surface area contributed by atoms with E-state index in [1.807, 2.05) is 13.0 Å². The van der Waals surface area contributed by atoms with Gasteiger partial charge in [-0.3, -0.25) is 0 Å². The van der Waals surface area contributed by atoms with Gasteiger partial charge in [-0.25, -0.2) is 9.97 Å². The van der Waals surface area contributed by atoms with E-state index in [0.29, 0.717) is 20.9 Å². The molecule has 7 heteroatoms. The average molecular weight is 282 g/mol. The van der Waals surface area contributed by atoms with Gasteiger partial charge in [0.1, 0.15) is 15.9 Å². The van der Waals surface area contributed by atoms with Crippen LogP contribution < -0.4 is 11.1 Å². The fraction of sp³-hybridized carbons (Fsp3) is 0.182. The molecule has 0 spiro atoms. The summed E-state index contributed by atoms with van der Waals surface area (Å²) in [4.78, 5) is 12.4. The lowest BCUT2D eigenvalue weighted by atomic mass is 10.5. The van der Waals surface area contributed by atoms with E-state index in [0.717, 1.165) is 6.54 Å². The maximum Gasteiger partial charge on any atom is 0.223 e. The summed E-state index contributed by atoms with van der Waals surface area (Å²) in [6.45, 7) is 2.76. The number of anilines is 2. The zero-order chi connectivity index (χ0) is 13.0. The molecule has 2 aromatic heterocycles. The molecule has 5 nitrogen and oxygen atoms in total. The Bertz CT molecular complexity index is 549. The van der Waals surface area contributed by atoms with E-state index in [1.165, 1.54) is 11.8 Å². The van der Waals surface area contributed by atoms with Crippen LogP contribution in [0.1, 0.15) is 6.92 Å². The highest BCUT2D eigenvalue weighted by Crippen LogP contribution is 2.31. The molecule has 94 valence electrons. The molecule has 0 aromatic carbocycles. The Balaban J connectivity index is 2.26. The van der Waals surface area contributed by atoms with E-state index >= 15 is 0 Å². The van der Waals surface area contributed by atoms with Crippen molar-refractivity contribution in [1.29, 1.82) is 0 Å². The molecule has 0 aliphatic carbocycles. The van der Waals surface area contributed by atoms with Crippen molar-refractivity contribution in [2.75, 3.05) is 17.6 Å². The molecule has 2 aromatic rings. The number of nitrogens with zero attached hydrogens (tertiary/aromatic N) is 3. The lowest BCUT2D eigenvalue weighted by Gasteiger charge is -2.06. The summed E-state index contributed by atoms with van der Waals surface area (Å²) in [5.74, 6) is 0.919. The van der Waals surface area contributed by atoms with E-state index in [1.54, 1.807) is 18.3 Å². The zero-order valence-corrected chi connectivity index (χ0v) is 11.3. The molecule has 0 amide bonds. The third kappa shape index (κ3) is 3.24. The normalized spacial score (nSPS) is 10.3. The number of aromatic nitrogens is 3. The van der Waals surface area contributed by atoms with Gasteiger partial charge in [-0.05, 0) is 30.8 Å². The summed E-state index contributed by atoms with van der Waals surface area (Å²) in [6, 6.07) is 5.38. The van der Waals surface area contributed by atoms with E-state index in [9.17, 15) is 0 Å². The van der Waals surface area contributed by atoms with Crippen LogP contribution in [-0.2, 0) is 0 Å².